The first kappa shape index (κ1) is 7.29. The molecule has 0 fully saturated rings. The van der Waals surface area contributed by atoms with Crippen LogP contribution >= 0.6 is 0 Å². The van der Waals surface area contributed by atoms with Crippen molar-refractivity contribution < 1.29 is 5.11 Å². The average Bonchev–Trinajstić information content (AvgIpc) is 1.87. The Balaban J connectivity index is 2.62. The van der Waals surface area contributed by atoms with Crippen LogP contribution < -0.4 is 0 Å². The molecule has 54 valence electrons. The lowest BCUT2D eigenvalue weighted by molar-refractivity contribution is 0.334. The van der Waals surface area contributed by atoms with Crippen molar-refractivity contribution in [2.75, 3.05) is 6.61 Å². The third kappa shape index (κ3) is 2.19. The lowest BCUT2D eigenvalue weighted by Crippen LogP contribution is -1.86. The third-order valence-electron chi connectivity index (χ3n) is 1.47. The fourth-order valence-corrected chi connectivity index (χ4v) is 0.895. The Bertz CT molecular complexity index is 175. The summed E-state index contributed by atoms with van der Waals surface area (Å²) in [7, 11) is 0. The summed E-state index contributed by atoms with van der Waals surface area (Å²) in [5.41, 5.74) is 1.02. The molecule has 0 radical (unpaired) electrons. The van der Waals surface area contributed by atoms with E-state index in [4.69, 9.17) is 5.11 Å². The minimum atomic E-state index is 0.157. The molecule has 1 heteroatoms. The van der Waals surface area contributed by atoms with Gasteiger partial charge in [-0.05, 0) is 18.4 Å². The van der Waals surface area contributed by atoms with E-state index < -0.39 is 0 Å². The predicted molar refractivity (Wildman–Crippen MR) is 42.7 cm³/mol. The molecule has 0 bridgehead atoms. The van der Waals surface area contributed by atoms with Crippen molar-refractivity contribution in [2.24, 2.45) is 0 Å². The molecule has 0 saturated carbocycles. The molecule has 0 aliphatic heterocycles. The molecule has 0 aromatic carbocycles. The highest BCUT2D eigenvalue weighted by atomic mass is 16.3. The van der Waals surface area contributed by atoms with Crippen molar-refractivity contribution in [3.05, 3.63) is 36.0 Å². The van der Waals surface area contributed by atoms with Crippen LogP contribution in [0.2, 0.25) is 0 Å². The first-order chi connectivity index (χ1) is 4.93. The molecule has 0 atom stereocenters. The molecule has 10 heavy (non-hydrogen) atoms. The second-order valence-electron chi connectivity index (χ2n) is 2.28. The fourth-order valence-electron chi connectivity index (χ4n) is 0.895. The molecule has 0 heterocycles. The fraction of sp³-hybridized carbons (Fsp3) is 0.333. The van der Waals surface area contributed by atoms with E-state index >= 15 is 0 Å². The second-order valence-corrected chi connectivity index (χ2v) is 2.28. The third-order valence-corrected chi connectivity index (χ3v) is 1.47. The summed E-state index contributed by atoms with van der Waals surface area (Å²) in [4.78, 5) is 0. The molecule has 0 amide bonds. The predicted octanol–water partition coefficient (Wildman–Crippen LogP) is 1.81. The van der Waals surface area contributed by atoms with E-state index in [0.29, 0.717) is 0 Å². The number of aliphatic hydroxyl groups excluding tert-OH is 1. The molecule has 0 unspecified atom stereocenters. The molecule has 0 aromatic rings. The van der Waals surface area contributed by atoms with Crippen LogP contribution in [0.4, 0.5) is 0 Å². The smallest absolute Gasteiger partial charge is 0.0678 e. The standard InChI is InChI=1S/C9H12O/c10-8-9-6-4-2-1-3-5-7-9/h1-2,5-7,10H,3-4,8H2/b2-1-,7-5-,9-6+. The normalized spacial score (nSPS) is 29.5. The number of aliphatic hydroxyl groups is 1. The minimum absolute atomic E-state index is 0.157. The maximum Gasteiger partial charge on any atom is 0.0678 e. The quantitative estimate of drug-likeness (QED) is 0.545. The number of hydrogen-bond donors (Lipinski definition) is 1. The highest BCUT2D eigenvalue weighted by molar-refractivity contribution is 5.22. The van der Waals surface area contributed by atoms with Crippen molar-refractivity contribution in [1.29, 1.82) is 0 Å². The summed E-state index contributed by atoms with van der Waals surface area (Å²) in [5.74, 6) is 0. The topological polar surface area (TPSA) is 20.2 Å². The molecule has 1 aliphatic carbocycles. The lowest BCUT2D eigenvalue weighted by Gasteiger charge is -1.96. The summed E-state index contributed by atoms with van der Waals surface area (Å²) in [5, 5.41) is 8.76. The van der Waals surface area contributed by atoms with E-state index in [1.807, 2.05) is 12.2 Å². The van der Waals surface area contributed by atoms with Crippen LogP contribution in [0.15, 0.2) is 36.0 Å². The van der Waals surface area contributed by atoms with Gasteiger partial charge < -0.3 is 5.11 Å². The molecule has 0 aromatic heterocycles. The van der Waals surface area contributed by atoms with Gasteiger partial charge in [-0.2, -0.15) is 0 Å². The molecule has 0 spiro atoms. The summed E-state index contributed by atoms with van der Waals surface area (Å²) in [6.07, 6.45) is 12.2. The van der Waals surface area contributed by atoms with Gasteiger partial charge in [-0.15, -0.1) is 0 Å². The zero-order chi connectivity index (χ0) is 7.23. The van der Waals surface area contributed by atoms with Gasteiger partial charge in [0.05, 0.1) is 6.61 Å². The second kappa shape index (κ2) is 4.07. The van der Waals surface area contributed by atoms with Gasteiger partial charge in [0.1, 0.15) is 0 Å². The maximum atomic E-state index is 8.76. The highest BCUT2D eigenvalue weighted by Gasteiger charge is 1.88. The van der Waals surface area contributed by atoms with Gasteiger partial charge in [0.25, 0.3) is 0 Å². The monoisotopic (exact) mass is 136 g/mol. The Morgan fingerprint density at radius 3 is 2.80 bits per heavy atom. The zero-order valence-corrected chi connectivity index (χ0v) is 5.96. The van der Waals surface area contributed by atoms with Gasteiger partial charge in [0, 0.05) is 0 Å². The first-order valence-electron chi connectivity index (χ1n) is 3.55. The summed E-state index contributed by atoms with van der Waals surface area (Å²) < 4.78 is 0. The van der Waals surface area contributed by atoms with Crippen LogP contribution in [0.5, 0.6) is 0 Å². The maximum absolute atomic E-state index is 8.76. The number of rotatable bonds is 1. The molecule has 1 aliphatic rings. The summed E-state index contributed by atoms with van der Waals surface area (Å²) in [6, 6.07) is 0. The lowest BCUT2D eigenvalue weighted by atomic mass is 10.1. The average molecular weight is 136 g/mol. The van der Waals surface area contributed by atoms with E-state index in [9.17, 15) is 0 Å². The Morgan fingerprint density at radius 1 is 1.20 bits per heavy atom. The van der Waals surface area contributed by atoms with Crippen LogP contribution in [-0.2, 0) is 0 Å². The highest BCUT2D eigenvalue weighted by Crippen LogP contribution is 2.03. The van der Waals surface area contributed by atoms with Crippen molar-refractivity contribution in [1.82, 2.24) is 0 Å². The van der Waals surface area contributed by atoms with Crippen LogP contribution in [0.25, 0.3) is 0 Å². The Hall–Kier alpha value is -0.820. The van der Waals surface area contributed by atoms with E-state index in [1.165, 1.54) is 0 Å². The molecular formula is C9H12O. The van der Waals surface area contributed by atoms with Crippen LogP contribution in [0.3, 0.4) is 0 Å². The van der Waals surface area contributed by atoms with E-state index in [-0.39, 0.29) is 6.61 Å². The molecule has 1 nitrogen and oxygen atoms in total. The van der Waals surface area contributed by atoms with Crippen LogP contribution in [0, 0.1) is 0 Å². The van der Waals surface area contributed by atoms with Gasteiger partial charge in [-0.1, -0.05) is 30.4 Å². The van der Waals surface area contributed by atoms with E-state index in [2.05, 4.69) is 18.2 Å². The number of hydrogen-bond acceptors (Lipinski definition) is 1. The summed E-state index contributed by atoms with van der Waals surface area (Å²) >= 11 is 0. The van der Waals surface area contributed by atoms with Gasteiger partial charge in [0.2, 0.25) is 0 Å². The molecule has 1 rings (SSSR count). The first-order valence-corrected chi connectivity index (χ1v) is 3.55. The van der Waals surface area contributed by atoms with Gasteiger partial charge in [0.15, 0.2) is 0 Å². The van der Waals surface area contributed by atoms with Gasteiger partial charge >= 0.3 is 0 Å². The Kier molecular flexibility index (Phi) is 2.97. The Labute approximate surface area is 61.4 Å². The van der Waals surface area contributed by atoms with Crippen molar-refractivity contribution in [3.8, 4) is 0 Å². The summed E-state index contributed by atoms with van der Waals surface area (Å²) in [6.45, 7) is 0.157. The molecule has 1 N–H and O–H groups in total. The SMILES string of the molecule is OCC1=C/C/C=C\C/C=C\1. The molecular weight excluding hydrogens is 124 g/mol. The van der Waals surface area contributed by atoms with Crippen molar-refractivity contribution >= 4 is 0 Å². The van der Waals surface area contributed by atoms with Crippen molar-refractivity contribution in [2.45, 2.75) is 12.8 Å². The van der Waals surface area contributed by atoms with Crippen LogP contribution in [-0.4, -0.2) is 11.7 Å². The molecule has 0 saturated heterocycles. The van der Waals surface area contributed by atoms with Gasteiger partial charge in [-0.25, -0.2) is 0 Å². The Morgan fingerprint density at radius 2 is 2.00 bits per heavy atom. The van der Waals surface area contributed by atoms with Crippen molar-refractivity contribution in [3.63, 3.8) is 0 Å². The zero-order valence-electron chi connectivity index (χ0n) is 5.96. The van der Waals surface area contributed by atoms with Crippen LogP contribution in [0.1, 0.15) is 12.8 Å². The van der Waals surface area contributed by atoms with E-state index in [0.717, 1.165) is 18.4 Å². The van der Waals surface area contributed by atoms with Gasteiger partial charge in [-0.3, -0.25) is 0 Å². The largest absolute Gasteiger partial charge is 0.392 e. The van der Waals surface area contributed by atoms with E-state index in [1.54, 1.807) is 0 Å². The number of allylic oxidation sites excluding steroid dienone is 4. The minimum Gasteiger partial charge on any atom is -0.392 e.